The fraction of sp³-hybridized carbons (Fsp3) is 0.364. The largest absolute Gasteiger partial charge is 0.399 e. The molecular weight excluding hydrogens is 292 g/mol. The van der Waals surface area contributed by atoms with Gasteiger partial charge in [0.1, 0.15) is 11.6 Å². The lowest BCUT2D eigenvalue weighted by atomic mass is 10.3. The Morgan fingerprint density at radius 1 is 1.30 bits per heavy atom. The molecule has 0 aliphatic carbocycles. The summed E-state index contributed by atoms with van der Waals surface area (Å²) in [7, 11) is -1.66. The lowest BCUT2D eigenvalue weighted by Crippen LogP contribution is -2.44. The molecule has 112 valence electrons. The van der Waals surface area contributed by atoms with Gasteiger partial charge >= 0.3 is 0 Å². The summed E-state index contributed by atoms with van der Waals surface area (Å²) in [6.07, 6.45) is 0. The Balaban J connectivity index is 3.16. The minimum Gasteiger partial charge on any atom is -0.399 e. The van der Waals surface area contributed by atoms with Crippen LogP contribution in [0.3, 0.4) is 0 Å². The van der Waals surface area contributed by atoms with Gasteiger partial charge in [-0.1, -0.05) is 0 Å². The number of likely N-dealkylation sites (N-methyl/N-ethyl adjacent to an activating group) is 1. The van der Waals surface area contributed by atoms with E-state index in [1.165, 1.54) is 21.0 Å². The minimum atomic E-state index is -4.52. The fourth-order valence-electron chi connectivity index (χ4n) is 1.57. The van der Waals surface area contributed by atoms with Crippen molar-refractivity contribution >= 4 is 21.6 Å². The number of hydrogen-bond acceptors (Lipinski definition) is 4. The molecule has 1 atom stereocenters. The zero-order valence-corrected chi connectivity index (χ0v) is 12.0. The van der Waals surface area contributed by atoms with E-state index >= 15 is 0 Å². The van der Waals surface area contributed by atoms with Gasteiger partial charge in [0.15, 0.2) is 4.90 Å². The molecule has 0 saturated carbocycles. The number of rotatable bonds is 4. The van der Waals surface area contributed by atoms with E-state index in [1.807, 2.05) is 4.72 Å². The average molecular weight is 307 g/mol. The highest BCUT2D eigenvalue weighted by Crippen LogP contribution is 2.21. The van der Waals surface area contributed by atoms with Crippen LogP contribution in [0.4, 0.5) is 14.5 Å². The molecule has 0 heterocycles. The van der Waals surface area contributed by atoms with E-state index in [-0.39, 0.29) is 5.69 Å². The second-order valence-corrected chi connectivity index (χ2v) is 6.04. The smallest absolute Gasteiger partial charge is 0.247 e. The normalized spacial score (nSPS) is 13.1. The van der Waals surface area contributed by atoms with Gasteiger partial charge in [-0.25, -0.2) is 17.2 Å². The molecule has 0 bridgehead atoms. The number of sulfonamides is 1. The van der Waals surface area contributed by atoms with Crippen molar-refractivity contribution in [2.75, 3.05) is 19.8 Å². The maximum absolute atomic E-state index is 13.6. The molecule has 0 aliphatic rings. The first-order valence-electron chi connectivity index (χ1n) is 5.54. The van der Waals surface area contributed by atoms with E-state index in [2.05, 4.69) is 0 Å². The average Bonchev–Trinajstić information content (AvgIpc) is 2.24. The Morgan fingerprint density at radius 3 is 2.15 bits per heavy atom. The van der Waals surface area contributed by atoms with Crippen molar-refractivity contribution in [1.82, 2.24) is 9.62 Å². The van der Waals surface area contributed by atoms with Gasteiger partial charge < -0.3 is 10.6 Å². The number of benzene rings is 1. The van der Waals surface area contributed by atoms with Crippen LogP contribution in [-0.2, 0) is 14.8 Å². The Bertz CT molecular complexity index is 609. The number of carbonyl (C=O) groups is 1. The third kappa shape index (κ3) is 3.42. The van der Waals surface area contributed by atoms with E-state index in [0.717, 1.165) is 4.90 Å². The topological polar surface area (TPSA) is 92.5 Å². The molecule has 1 amide bonds. The first-order valence-corrected chi connectivity index (χ1v) is 7.02. The van der Waals surface area contributed by atoms with Crippen molar-refractivity contribution in [3.63, 3.8) is 0 Å². The molecule has 1 unspecified atom stereocenters. The Labute approximate surface area is 115 Å². The number of nitrogen functional groups attached to an aromatic ring is 1. The molecule has 0 spiro atoms. The molecule has 0 fully saturated rings. The van der Waals surface area contributed by atoms with Crippen LogP contribution >= 0.6 is 0 Å². The van der Waals surface area contributed by atoms with Crippen molar-refractivity contribution < 1.29 is 22.0 Å². The predicted octanol–water partition coefficient (Wildman–Crippen LogP) is 0.302. The van der Waals surface area contributed by atoms with Gasteiger partial charge in [0.2, 0.25) is 15.9 Å². The van der Waals surface area contributed by atoms with E-state index in [9.17, 15) is 22.0 Å². The van der Waals surface area contributed by atoms with Gasteiger partial charge in [0.05, 0.1) is 6.04 Å². The summed E-state index contributed by atoms with van der Waals surface area (Å²) in [6, 6.07) is 0.220. The molecule has 20 heavy (non-hydrogen) atoms. The summed E-state index contributed by atoms with van der Waals surface area (Å²) in [5, 5.41) is 0. The first kappa shape index (κ1) is 16.3. The molecule has 0 aromatic heterocycles. The van der Waals surface area contributed by atoms with Gasteiger partial charge in [-0.05, 0) is 19.1 Å². The number of hydrogen-bond donors (Lipinski definition) is 2. The van der Waals surface area contributed by atoms with Crippen LogP contribution in [0, 0.1) is 11.6 Å². The molecule has 1 aromatic rings. The van der Waals surface area contributed by atoms with Crippen molar-refractivity contribution in [2.45, 2.75) is 17.9 Å². The molecule has 1 aromatic carbocycles. The fourth-order valence-corrected chi connectivity index (χ4v) is 2.88. The summed E-state index contributed by atoms with van der Waals surface area (Å²) < 4.78 is 52.9. The molecule has 9 heteroatoms. The molecule has 0 saturated heterocycles. The van der Waals surface area contributed by atoms with Crippen LogP contribution in [0.25, 0.3) is 0 Å². The second kappa shape index (κ2) is 5.71. The maximum Gasteiger partial charge on any atom is 0.247 e. The van der Waals surface area contributed by atoms with Gasteiger partial charge in [0.25, 0.3) is 0 Å². The zero-order chi connectivity index (χ0) is 15.7. The number of nitrogens with zero attached hydrogens (tertiary/aromatic N) is 1. The summed E-state index contributed by atoms with van der Waals surface area (Å²) in [5.41, 5.74) is 4.97. The van der Waals surface area contributed by atoms with Crippen molar-refractivity contribution in [1.29, 1.82) is 0 Å². The quantitative estimate of drug-likeness (QED) is 0.783. The number of nitrogens with two attached hydrogens (primary N) is 1. The van der Waals surface area contributed by atoms with Crippen LogP contribution in [0.5, 0.6) is 0 Å². The monoisotopic (exact) mass is 307 g/mol. The third-order valence-electron chi connectivity index (χ3n) is 2.43. The lowest BCUT2D eigenvalue weighted by molar-refractivity contribution is -0.130. The first-order chi connectivity index (χ1) is 9.06. The van der Waals surface area contributed by atoms with Crippen LogP contribution in [-0.4, -0.2) is 39.4 Å². The SMILES string of the molecule is CC(NS(=O)(=O)c1c(F)cc(N)cc1F)C(=O)N(C)C. The molecule has 6 nitrogen and oxygen atoms in total. The van der Waals surface area contributed by atoms with Crippen molar-refractivity contribution in [2.24, 2.45) is 0 Å². The minimum absolute atomic E-state index is 0.239. The third-order valence-corrected chi connectivity index (χ3v) is 4.02. The second-order valence-electron chi connectivity index (χ2n) is 4.39. The Morgan fingerprint density at radius 2 is 1.75 bits per heavy atom. The highest BCUT2D eigenvalue weighted by atomic mass is 32.2. The highest BCUT2D eigenvalue weighted by molar-refractivity contribution is 7.89. The Kier molecular flexibility index (Phi) is 4.66. The van der Waals surface area contributed by atoms with Gasteiger partial charge in [0, 0.05) is 19.8 Å². The van der Waals surface area contributed by atoms with Gasteiger partial charge in [-0.15, -0.1) is 0 Å². The Hall–Kier alpha value is -1.74. The number of halogens is 2. The molecule has 1 rings (SSSR count). The molecule has 0 radical (unpaired) electrons. The van der Waals surface area contributed by atoms with Crippen LogP contribution < -0.4 is 10.5 Å². The van der Waals surface area contributed by atoms with Crippen LogP contribution in [0.1, 0.15) is 6.92 Å². The number of anilines is 1. The highest BCUT2D eigenvalue weighted by Gasteiger charge is 2.28. The van der Waals surface area contributed by atoms with E-state index < -0.39 is 38.5 Å². The van der Waals surface area contributed by atoms with Crippen LogP contribution in [0.2, 0.25) is 0 Å². The summed E-state index contributed by atoms with van der Waals surface area (Å²) >= 11 is 0. The van der Waals surface area contributed by atoms with Crippen molar-refractivity contribution in [3.8, 4) is 0 Å². The molecular formula is C11H15F2N3O3S. The van der Waals surface area contributed by atoms with Gasteiger partial charge in [-0.2, -0.15) is 4.72 Å². The lowest BCUT2D eigenvalue weighted by Gasteiger charge is -2.18. The molecule has 0 aliphatic heterocycles. The van der Waals surface area contributed by atoms with Crippen molar-refractivity contribution in [3.05, 3.63) is 23.8 Å². The predicted molar refractivity (Wildman–Crippen MR) is 69.2 cm³/mol. The van der Waals surface area contributed by atoms with Gasteiger partial charge in [-0.3, -0.25) is 4.79 Å². The van der Waals surface area contributed by atoms with E-state index in [1.54, 1.807) is 0 Å². The number of carbonyl (C=O) groups excluding carboxylic acids is 1. The standard InChI is InChI=1S/C11H15F2N3O3S/c1-6(11(17)16(2)3)15-20(18,19)10-8(12)4-7(14)5-9(10)13/h4-6,15H,14H2,1-3H3. The van der Waals surface area contributed by atoms with E-state index in [4.69, 9.17) is 5.73 Å². The number of amides is 1. The zero-order valence-electron chi connectivity index (χ0n) is 11.1. The summed E-state index contributed by atoms with van der Waals surface area (Å²) in [5.74, 6) is -3.19. The summed E-state index contributed by atoms with van der Waals surface area (Å²) in [4.78, 5) is 11.6. The van der Waals surface area contributed by atoms with Crippen LogP contribution in [0.15, 0.2) is 17.0 Å². The maximum atomic E-state index is 13.6. The van der Waals surface area contributed by atoms with E-state index in [0.29, 0.717) is 12.1 Å². The molecule has 3 N–H and O–H groups in total. The summed E-state index contributed by atoms with van der Waals surface area (Å²) in [6.45, 7) is 1.27. The number of nitrogens with one attached hydrogen (secondary N) is 1.